The Bertz CT molecular complexity index is 46.5. The van der Waals surface area contributed by atoms with Crippen molar-refractivity contribution in [3.05, 3.63) is 0 Å². The van der Waals surface area contributed by atoms with Gasteiger partial charge >= 0.3 is 0 Å². The van der Waals surface area contributed by atoms with Crippen LogP contribution in [-0.4, -0.2) is 10.2 Å². The summed E-state index contributed by atoms with van der Waals surface area (Å²) in [5.41, 5.74) is 0. The quantitative estimate of drug-likeness (QED) is 0.581. The van der Waals surface area contributed by atoms with E-state index in [2.05, 4.69) is 15.9 Å². The van der Waals surface area contributed by atoms with Gasteiger partial charge in [-0.05, 0) is 20.3 Å². The number of alkyl halides is 2. The van der Waals surface area contributed by atoms with Gasteiger partial charge in [0.25, 0.3) is 0 Å². The normalized spacial score (nSPS) is 12.0. The lowest BCUT2D eigenvalue weighted by molar-refractivity contribution is 0.680. The first-order chi connectivity index (χ1) is 3.06. The first-order valence-corrected chi connectivity index (χ1v) is 3.81. The summed E-state index contributed by atoms with van der Waals surface area (Å²) in [5.74, 6) is 0. The molecule has 0 bridgehead atoms. The van der Waals surface area contributed by atoms with Gasteiger partial charge in [-0.25, -0.2) is 0 Å². The fourth-order valence-corrected chi connectivity index (χ4v) is 1.54. The zero-order valence-electron chi connectivity index (χ0n) is 4.67. The van der Waals surface area contributed by atoms with Crippen molar-refractivity contribution in [3.8, 4) is 0 Å². The Kier molecular flexibility index (Phi) is 3.25. The highest BCUT2D eigenvalue weighted by molar-refractivity contribution is 9.09. The topological polar surface area (TPSA) is 0 Å². The summed E-state index contributed by atoms with van der Waals surface area (Å²) >= 11 is 9.10. The van der Waals surface area contributed by atoms with Crippen LogP contribution in [0.2, 0.25) is 0 Å². The van der Waals surface area contributed by atoms with Crippen LogP contribution in [-0.2, 0) is 0 Å². The van der Waals surface area contributed by atoms with Crippen molar-refractivity contribution in [2.24, 2.45) is 0 Å². The number of hydrogen-bond donors (Lipinski definition) is 0. The summed E-state index contributed by atoms with van der Waals surface area (Å²) in [5, 5.41) is 0.990. The first kappa shape index (κ1) is 7.77. The summed E-state index contributed by atoms with van der Waals surface area (Å²) in [4.78, 5) is -0.0243. The molecule has 0 aliphatic heterocycles. The smallest absolute Gasteiger partial charge is 0.0398 e. The van der Waals surface area contributed by atoms with Crippen molar-refractivity contribution in [1.82, 2.24) is 0 Å². The molecule has 0 N–H and O–H groups in total. The molecule has 0 atom stereocenters. The molecule has 0 heterocycles. The second kappa shape index (κ2) is 2.93. The summed E-state index contributed by atoms with van der Waals surface area (Å²) in [6.07, 6.45) is 1.02. The molecule has 0 amide bonds. The highest BCUT2D eigenvalue weighted by atomic mass is 79.9. The average Bonchev–Trinajstić information content (AvgIpc) is 1.30. The van der Waals surface area contributed by atoms with Gasteiger partial charge in [-0.15, -0.1) is 11.6 Å². The zero-order valence-corrected chi connectivity index (χ0v) is 7.01. The Hall–Kier alpha value is 0.770. The van der Waals surface area contributed by atoms with Gasteiger partial charge in [0.2, 0.25) is 0 Å². The lowest BCUT2D eigenvalue weighted by atomic mass is 10.1. The van der Waals surface area contributed by atoms with Gasteiger partial charge in [0, 0.05) is 10.2 Å². The third kappa shape index (κ3) is 6.77. The van der Waals surface area contributed by atoms with Crippen LogP contribution < -0.4 is 0 Å². The van der Waals surface area contributed by atoms with Gasteiger partial charge in [-0.3, -0.25) is 0 Å². The molecule has 0 aliphatic carbocycles. The Balaban J connectivity index is 3.15. The van der Waals surface area contributed by atoms with Gasteiger partial charge < -0.3 is 0 Å². The lowest BCUT2D eigenvalue weighted by Gasteiger charge is -2.11. The molecule has 44 valence electrons. The van der Waals surface area contributed by atoms with Crippen LogP contribution in [0.3, 0.4) is 0 Å². The molecule has 0 saturated carbocycles. The zero-order chi connectivity index (χ0) is 5.91. The molecule has 0 aromatic heterocycles. The van der Waals surface area contributed by atoms with E-state index in [0.717, 1.165) is 11.8 Å². The standard InChI is InChI=1S/C5H10BrCl/c1-5(2,7)3-4-6/h3-4H2,1-2H3. The SMILES string of the molecule is CC(C)(Cl)CCBr. The molecular weight excluding hydrogens is 175 g/mol. The third-order valence-electron chi connectivity index (χ3n) is 0.689. The van der Waals surface area contributed by atoms with Crippen molar-refractivity contribution >= 4 is 27.5 Å². The monoisotopic (exact) mass is 184 g/mol. The molecule has 0 unspecified atom stereocenters. The second-order valence-corrected chi connectivity index (χ2v) is 3.97. The molecule has 0 rings (SSSR count). The molecule has 2 heteroatoms. The van der Waals surface area contributed by atoms with Crippen LogP contribution in [0.25, 0.3) is 0 Å². The third-order valence-corrected chi connectivity index (χ3v) is 1.27. The summed E-state index contributed by atoms with van der Waals surface area (Å²) in [6.45, 7) is 4.02. The van der Waals surface area contributed by atoms with E-state index in [0.29, 0.717) is 0 Å². The van der Waals surface area contributed by atoms with Crippen molar-refractivity contribution in [3.63, 3.8) is 0 Å². The van der Waals surface area contributed by atoms with Gasteiger partial charge in [-0.1, -0.05) is 15.9 Å². The first-order valence-electron chi connectivity index (χ1n) is 2.31. The van der Waals surface area contributed by atoms with E-state index in [1.807, 2.05) is 13.8 Å². The van der Waals surface area contributed by atoms with E-state index in [4.69, 9.17) is 11.6 Å². The summed E-state index contributed by atoms with van der Waals surface area (Å²) < 4.78 is 0. The Labute approximate surface area is 58.4 Å². The van der Waals surface area contributed by atoms with Crippen LogP contribution in [0, 0.1) is 0 Å². The molecular formula is C5H10BrCl. The fourth-order valence-electron chi connectivity index (χ4n) is 0.225. The fraction of sp³-hybridized carbons (Fsp3) is 1.00. The maximum atomic E-state index is 5.80. The molecule has 0 saturated heterocycles. The van der Waals surface area contributed by atoms with E-state index < -0.39 is 0 Å². The lowest BCUT2D eigenvalue weighted by Crippen LogP contribution is -2.09. The van der Waals surface area contributed by atoms with Crippen molar-refractivity contribution in [2.75, 3.05) is 5.33 Å². The van der Waals surface area contributed by atoms with E-state index in [9.17, 15) is 0 Å². The average molecular weight is 185 g/mol. The van der Waals surface area contributed by atoms with Crippen molar-refractivity contribution in [2.45, 2.75) is 25.1 Å². The summed E-state index contributed by atoms with van der Waals surface area (Å²) in [7, 11) is 0. The van der Waals surface area contributed by atoms with E-state index in [-0.39, 0.29) is 4.87 Å². The minimum absolute atomic E-state index is 0.0243. The van der Waals surface area contributed by atoms with Gasteiger partial charge in [0.1, 0.15) is 0 Å². The molecule has 0 spiro atoms. The molecule has 0 aromatic carbocycles. The summed E-state index contributed by atoms with van der Waals surface area (Å²) in [6, 6.07) is 0. The molecule has 0 nitrogen and oxygen atoms in total. The molecule has 0 aromatic rings. The molecule has 7 heavy (non-hydrogen) atoms. The van der Waals surface area contributed by atoms with Crippen LogP contribution in [0.15, 0.2) is 0 Å². The van der Waals surface area contributed by atoms with Crippen molar-refractivity contribution < 1.29 is 0 Å². The minimum atomic E-state index is -0.0243. The molecule has 0 radical (unpaired) electrons. The predicted octanol–water partition coefficient (Wildman–Crippen LogP) is 2.79. The largest absolute Gasteiger partial charge is 0.120 e. The van der Waals surface area contributed by atoms with Crippen LogP contribution in [0.4, 0.5) is 0 Å². The number of hydrogen-bond acceptors (Lipinski definition) is 0. The molecule has 0 aliphatic rings. The van der Waals surface area contributed by atoms with Crippen LogP contribution in [0.5, 0.6) is 0 Å². The Morgan fingerprint density at radius 2 is 2.00 bits per heavy atom. The number of rotatable bonds is 2. The maximum absolute atomic E-state index is 5.80. The maximum Gasteiger partial charge on any atom is 0.0398 e. The van der Waals surface area contributed by atoms with Crippen LogP contribution >= 0.6 is 27.5 Å². The van der Waals surface area contributed by atoms with Crippen molar-refractivity contribution in [1.29, 1.82) is 0 Å². The minimum Gasteiger partial charge on any atom is -0.120 e. The van der Waals surface area contributed by atoms with E-state index in [1.54, 1.807) is 0 Å². The Morgan fingerprint density at radius 3 is 2.00 bits per heavy atom. The highest BCUT2D eigenvalue weighted by Gasteiger charge is 2.10. The van der Waals surface area contributed by atoms with Gasteiger partial charge in [-0.2, -0.15) is 0 Å². The van der Waals surface area contributed by atoms with Gasteiger partial charge in [0.15, 0.2) is 0 Å². The van der Waals surface area contributed by atoms with E-state index in [1.165, 1.54) is 0 Å². The molecule has 0 fully saturated rings. The van der Waals surface area contributed by atoms with Gasteiger partial charge in [0.05, 0.1) is 0 Å². The van der Waals surface area contributed by atoms with Crippen LogP contribution in [0.1, 0.15) is 20.3 Å². The Morgan fingerprint density at radius 1 is 1.57 bits per heavy atom. The predicted molar refractivity (Wildman–Crippen MR) is 38.3 cm³/mol. The van der Waals surface area contributed by atoms with E-state index >= 15 is 0 Å². The number of halogens is 2. The second-order valence-electron chi connectivity index (χ2n) is 2.16. The highest BCUT2D eigenvalue weighted by Crippen LogP contribution is 2.17.